The molecule has 0 radical (unpaired) electrons. The van der Waals surface area contributed by atoms with Gasteiger partial charge in [-0.15, -0.1) is 5.92 Å². The van der Waals surface area contributed by atoms with Crippen LogP contribution in [0.1, 0.15) is 94.8 Å². The van der Waals surface area contributed by atoms with Gasteiger partial charge in [-0.05, 0) is 71.7 Å². The number of nitrogens with two attached hydrogens (primary N) is 1. The number of amides is 1. The molecule has 17 heteroatoms. The zero-order valence-electron chi connectivity index (χ0n) is 30.3. The van der Waals surface area contributed by atoms with Gasteiger partial charge >= 0.3 is 12.2 Å². The highest BCUT2D eigenvalue weighted by Crippen LogP contribution is 2.45. The number of rotatable bonds is 6. The third-order valence-corrected chi connectivity index (χ3v) is 10.5. The summed E-state index contributed by atoms with van der Waals surface area (Å²) in [5, 5.41) is 7.21. The first kappa shape index (κ1) is 38.9. The molecule has 2 fully saturated rings. The van der Waals surface area contributed by atoms with E-state index in [2.05, 4.69) is 33.7 Å². The van der Waals surface area contributed by atoms with Crippen LogP contribution in [0.3, 0.4) is 0 Å². The van der Waals surface area contributed by atoms with Gasteiger partial charge in [-0.2, -0.15) is 37.0 Å². The molecule has 11 nitrogen and oxygen atoms in total. The van der Waals surface area contributed by atoms with Crippen LogP contribution >= 0.6 is 0 Å². The molecule has 4 aliphatic heterocycles. The number of nitrogens with one attached hydrogen (secondary N) is 1. The van der Waals surface area contributed by atoms with Gasteiger partial charge in [-0.25, -0.2) is 4.39 Å². The zero-order chi connectivity index (χ0) is 38.9. The van der Waals surface area contributed by atoms with Crippen molar-refractivity contribution in [2.75, 3.05) is 43.9 Å². The van der Waals surface area contributed by atoms with Crippen LogP contribution in [0, 0.1) is 24.6 Å². The molecule has 6 heterocycles. The summed E-state index contributed by atoms with van der Waals surface area (Å²) in [6.07, 6.45) is -3.44. The summed E-state index contributed by atoms with van der Waals surface area (Å²) in [7, 11) is 1.56. The maximum atomic E-state index is 15.7. The second-order valence-corrected chi connectivity index (χ2v) is 13.8. The van der Waals surface area contributed by atoms with Gasteiger partial charge in [-0.3, -0.25) is 14.4 Å². The van der Waals surface area contributed by atoms with Crippen molar-refractivity contribution in [3.8, 4) is 17.9 Å². The molecule has 2 saturated heterocycles. The quantitative estimate of drug-likeness (QED) is 0.175. The largest absolute Gasteiger partial charge is 0.461 e. The van der Waals surface area contributed by atoms with Crippen molar-refractivity contribution >= 4 is 17.4 Å². The Hall–Kier alpha value is -4.82. The number of halogens is 6. The van der Waals surface area contributed by atoms with Gasteiger partial charge in [0.25, 0.3) is 12.0 Å². The van der Waals surface area contributed by atoms with E-state index in [4.69, 9.17) is 25.2 Å². The Kier molecular flexibility index (Phi) is 11.2. The molecule has 0 spiro atoms. The Balaban J connectivity index is 0.00000119. The average Bonchev–Trinajstić information content (AvgIpc) is 3.74. The van der Waals surface area contributed by atoms with Crippen molar-refractivity contribution in [2.24, 2.45) is 0 Å². The molecule has 0 aliphatic carbocycles. The Bertz CT molecular complexity index is 1990. The molecule has 7 rings (SSSR count). The maximum Gasteiger partial charge on any atom is 0.418 e. The molecule has 0 saturated carbocycles. The molecule has 4 aliphatic rings. The van der Waals surface area contributed by atoms with E-state index in [-0.39, 0.29) is 30.5 Å². The second-order valence-electron chi connectivity index (χ2n) is 13.8. The normalized spacial score (nSPS) is 19.0. The first-order valence-corrected chi connectivity index (χ1v) is 17.7. The molecule has 1 amide bonds. The lowest BCUT2D eigenvalue weighted by atomic mass is 9.91. The summed E-state index contributed by atoms with van der Waals surface area (Å²) in [5.41, 5.74) is 5.96. The Morgan fingerprint density at radius 2 is 1.87 bits per heavy atom. The molecule has 0 bridgehead atoms. The fourth-order valence-electron chi connectivity index (χ4n) is 8.10. The summed E-state index contributed by atoms with van der Waals surface area (Å²) in [4.78, 5) is 26.7. The first-order valence-electron chi connectivity index (χ1n) is 17.7. The van der Waals surface area contributed by atoms with Crippen molar-refractivity contribution in [3.05, 3.63) is 69.4 Å². The van der Waals surface area contributed by atoms with Crippen LogP contribution in [0.4, 0.5) is 37.8 Å². The number of alkyl halides is 3. The predicted molar refractivity (Wildman–Crippen MR) is 187 cm³/mol. The number of nitrogen functional groups attached to an aromatic ring is 1. The van der Waals surface area contributed by atoms with Crippen LogP contribution in [0.25, 0.3) is 0 Å². The third kappa shape index (κ3) is 7.58. The van der Waals surface area contributed by atoms with E-state index >= 15 is 4.39 Å². The lowest BCUT2D eigenvalue weighted by Gasteiger charge is -2.33. The minimum Gasteiger partial charge on any atom is -0.461 e. The van der Waals surface area contributed by atoms with Crippen LogP contribution in [0.15, 0.2) is 18.7 Å². The van der Waals surface area contributed by atoms with E-state index in [0.29, 0.717) is 55.4 Å². The molecule has 54 heavy (non-hydrogen) atoms. The lowest BCUT2D eigenvalue weighted by molar-refractivity contribution is -0.140. The molecule has 2 aromatic heterocycles. The van der Waals surface area contributed by atoms with E-state index in [1.54, 1.807) is 7.05 Å². The molecule has 3 aromatic rings. The van der Waals surface area contributed by atoms with Gasteiger partial charge < -0.3 is 25.4 Å². The van der Waals surface area contributed by atoms with Gasteiger partial charge in [0.15, 0.2) is 11.5 Å². The highest BCUT2D eigenvalue weighted by atomic mass is 19.4. The molecule has 1 aromatic carbocycles. The van der Waals surface area contributed by atoms with Crippen LogP contribution < -0.4 is 20.7 Å². The molecule has 290 valence electrons. The number of carbonyl (C=O) groups excluding carboxylic acids is 1. The summed E-state index contributed by atoms with van der Waals surface area (Å²) in [6, 6.07) is 1.02. The van der Waals surface area contributed by atoms with Gasteiger partial charge in [0, 0.05) is 48.8 Å². The zero-order valence-corrected chi connectivity index (χ0v) is 30.3. The standard InChI is InChI=1S/C35H40F4N8O3.C2H2F2/c1-4-8-21-15-23(40)29(36)27(28(21)35(37,38)39)26-16-24-22(18-49-26)31(43-33(42-24)50-19-34-9-5-12-46(34)13-6-10-34)45-11-7-14-47-25(17-45)20(2)30(44-47)32(48)41-3;1-2(3)4/h15,26H,5-7,9-14,16-19,40H2,1-3H3,(H,41,48);1H2. The smallest absolute Gasteiger partial charge is 0.418 e. The van der Waals surface area contributed by atoms with Crippen LogP contribution in [-0.2, 0) is 37.0 Å². The fraction of sp³-hybridized carbons (Fsp3) is 0.514. The monoisotopic (exact) mass is 760 g/mol. The van der Waals surface area contributed by atoms with E-state index in [0.717, 1.165) is 56.1 Å². The number of benzene rings is 1. The number of ether oxygens (including phenoxy) is 2. The topological polar surface area (TPSA) is 124 Å². The fourth-order valence-corrected chi connectivity index (χ4v) is 8.10. The average molecular weight is 761 g/mol. The first-order chi connectivity index (χ1) is 25.7. The summed E-state index contributed by atoms with van der Waals surface area (Å²) in [5.74, 6) is 3.97. The van der Waals surface area contributed by atoms with Gasteiger partial charge in [0.05, 0.1) is 47.4 Å². The van der Waals surface area contributed by atoms with Gasteiger partial charge in [0.1, 0.15) is 12.4 Å². The number of aryl methyl sites for hydroxylation is 1. The predicted octanol–water partition coefficient (Wildman–Crippen LogP) is 6.08. The minimum absolute atomic E-state index is 0.101. The van der Waals surface area contributed by atoms with E-state index in [9.17, 15) is 26.7 Å². The van der Waals surface area contributed by atoms with E-state index < -0.39 is 46.6 Å². The number of aromatic nitrogens is 4. The number of hydrogen-bond donors (Lipinski definition) is 2. The SMILES string of the molecule is C=C(F)F.CC#Cc1cc(N)c(F)c(C2Cc3nc(OCC45CCCN4CCC5)nc(N4CCCn5nc(C(=O)NC)c(C)c5C4)c3CO2)c1C(F)(F)F. The Labute approximate surface area is 308 Å². The summed E-state index contributed by atoms with van der Waals surface area (Å²) >= 11 is 0. The molecule has 1 unspecified atom stereocenters. The number of hydrogen-bond acceptors (Lipinski definition) is 9. The van der Waals surface area contributed by atoms with Crippen molar-refractivity contribution in [1.29, 1.82) is 0 Å². The molecule has 3 N–H and O–H groups in total. The molecule has 1 atom stereocenters. The third-order valence-electron chi connectivity index (χ3n) is 10.5. The van der Waals surface area contributed by atoms with E-state index in [1.165, 1.54) is 6.92 Å². The van der Waals surface area contributed by atoms with Gasteiger partial charge in [0.2, 0.25) is 0 Å². The summed E-state index contributed by atoms with van der Waals surface area (Å²) < 4.78 is 94.0. The van der Waals surface area contributed by atoms with Crippen molar-refractivity contribution in [2.45, 2.75) is 89.9 Å². The van der Waals surface area contributed by atoms with Crippen molar-refractivity contribution in [1.82, 2.24) is 30.0 Å². The van der Waals surface area contributed by atoms with Crippen LogP contribution in [0.5, 0.6) is 6.01 Å². The molecular weight excluding hydrogens is 718 g/mol. The van der Waals surface area contributed by atoms with Gasteiger partial charge in [-0.1, -0.05) is 5.92 Å². The van der Waals surface area contributed by atoms with Crippen LogP contribution in [0.2, 0.25) is 0 Å². The highest BCUT2D eigenvalue weighted by Gasteiger charge is 2.46. The lowest BCUT2D eigenvalue weighted by Crippen LogP contribution is -2.43. The maximum absolute atomic E-state index is 15.7. The highest BCUT2D eigenvalue weighted by molar-refractivity contribution is 5.93. The number of carbonyl (C=O) groups is 1. The summed E-state index contributed by atoms with van der Waals surface area (Å²) in [6.45, 7) is 9.22. The van der Waals surface area contributed by atoms with E-state index in [1.807, 2.05) is 16.5 Å². The number of nitrogens with zero attached hydrogens (tertiary/aromatic N) is 6. The Morgan fingerprint density at radius 1 is 1.17 bits per heavy atom. The Morgan fingerprint density at radius 3 is 2.52 bits per heavy atom. The van der Waals surface area contributed by atoms with Crippen molar-refractivity contribution < 1.29 is 40.6 Å². The van der Waals surface area contributed by atoms with Crippen LogP contribution in [-0.4, -0.2) is 69.4 Å². The second kappa shape index (κ2) is 15.5. The molecular formula is C37H42F6N8O3. The van der Waals surface area contributed by atoms with Crippen molar-refractivity contribution in [3.63, 3.8) is 0 Å². The number of anilines is 2. The minimum atomic E-state index is -4.92. The number of fused-ring (bicyclic) bond motifs is 3.